The van der Waals surface area contributed by atoms with Gasteiger partial charge in [0.2, 0.25) is 0 Å². The van der Waals surface area contributed by atoms with Gasteiger partial charge in [0.25, 0.3) is 0 Å². The molecule has 0 aromatic heterocycles. The third-order valence-electron chi connectivity index (χ3n) is 1.20. The van der Waals surface area contributed by atoms with E-state index in [9.17, 15) is 0 Å². The van der Waals surface area contributed by atoms with Crippen LogP contribution in [-0.2, 0) is 4.52 Å². The van der Waals surface area contributed by atoms with Crippen LogP contribution in [0.3, 0.4) is 0 Å². The van der Waals surface area contributed by atoms with Crippen molar-refractivity contribution in [3.8, 4) is 0 Å². The van der Waals surface area contributed by atoms with Gasteiger partial charge in [0.15, 0.2) is 0 Å². The normalized spacial score (nSPS) is 9.82. The predicted molar refractivity (Wildman–Crippen MR) is 42.6 cm³/mol. The van der Waals surface area contributed by atoms with Crippen LogP contribution in [0, 0.1) is 0 Å². The van der Waals surface area contributed by atoms with Crippen molar-refractivity contribution in [1.29, 1.82) is 0 Å². The molecule has 0 spiro atoms. The van der Waals surface area contributed by atoms with Crippen LogP contribution >= 0.6 is 8.60 Å². The van der Waals surface area contributed by atoms with Crippen LogP contribution < -0.4 is 29.6 Å². The number of hydrogen-bond donors (Lipinski definition) is 2. The maximum absolute atomic E-state index is 8.31. The fourth-order valence-electron chi connectivity index (χ4n) is 0.675. The van der Waals surface area contributed by atoms with Crippen molar-refractivity contribution in [2.24, 2.45) is 0 Å². The number of hydrogen-bond acceptors (Lipinski definition) is 3. The molecule has 0 aromatic carbocycles. The van der Waals surface area contributed by atoms with E-state index in [1.807, 2.05) is 0 Å². The summed E-state index contributed by atoms with van der Waals surface area (Å²) in [7, 11) is -2.12. The van der Waals surface area contributed by atoms with Crippen molar-refractivity contribution in [2.75, 3.05) is 6.61 Å². The smallest absolute Gasteiger partial charge is 1.00 e. The summed E-state index contributed by atoms with van der Waals surface area (Å²) in [6, 6.07) is 0. The number of rotatable bonds is 6. The summed E-state index contributed by atoms with van der Waals surface area (Å²) in [4.78, 5) is 16.6. The summed E-state index contributed by atoms with van der Waals surface area (Å²) in [6.45, 7) is 2.60. The zero-order valence-corrected chi connectivity index (χ0v) is 10.2. The quantitative estimate of drug-likeness (QED) is 0.318. The molecule has 0 saturated heterocycles. The van der Waals surface area contributed by atoms with E-state index in [0.717, 1.165) is 12.8 Å². The second-order valence-corrected chi connectivity index (χ2v) is 2.91. The Morgan fingerprint density at radius 3 is 2.36 bits per heavy atom. The van der Waals surface area contributed by atoms with E-state index in [-0.39, 0.29) is 31.0 Å². The monoisotopic (exact) mass is 190 g/mol. The maximum atomic E-state index is 8.31. The third-order valence-corrected chi connectivity index (χ3v) is 1.62. The molecule has 5 heteroatoms. The van der Waals surface area contributed by atoms with Crippen molar-refractivity contribution in [3.63, 3.8) is 0 Å². The van der Waals surface area contributed by atoms with Crippen molar-refractivity contribution in [2.45, 2.75) is 32.6 Å². The Morgan fingerprint density at radius 1 is 1.27 bits per heavy atom. The van der Waals surface area contributed by atoms with E-state index in [2.05, 4.69) is 11.4 Å². The maximum Gasteiger partial charge on any atom is 1.00 e. The molecule has 0 aliphatic carbocycles. The summed E-state index contributed by atoms with van der Waals surface area (Å²) < 4.78 is 4.56. The second kappa shape index (κ2) is 11.3. The topological polar surface area (TPSA) is 49.7 Å². The average molecular weight is 190 g/mol. The van der Waals surface area contributed by atoms with Crippen LogP contribution in [0.25, 0.3) is 0 Å². The average Bonchev–Trinajstić information content (AvgIpc) is 1.87. The van der Waals surface area contributed by atoms with Crippen LogP contribution in [0.15, 0.2) is 0 Å². The minimum absolute atomic E-state index is 0. The molecular formula is C6H16NaO3P. The van der Waals surface area contributed by atoms with Crippen molar-refractivity contribution < 1.29 is 45.3 Å². The molecule has 0 bridgehead atoms. The molecule has 0 rings (SSSR count). The summed E-state index contributed by atoms with van der Waals surface area (Å²) >= 11 is 0. The van der Waals surface area contributed by atoms with Gasteiger partial charge in [-0.2, -0.15) is 0 Å². The molecule has 3 nitrogen and oxygen atoms in total. The summed E-state index contributed by atoms with van der Waals surface area (Å²) in [5.74, 6) is 0. The Hall–Kier alpha value is 1.31. The van der Waals surface area contributed by atoms with Crippen LogP contribution in [0.2, 0.25) is 0 Å². The van der Waals surface area contributed by atoms with Gasteiger partial charge in [-0.15, -0.1) is 0 Å². The second-order valence-electron chi connectivity index (χ2n) is 2.15. The van der Waals surface area contributed by atoms with Crippen LogP contribution in [-0.4, -0.2) is 16.4 Å². The van der Waals surface area contributed by atoms with E-state index in [0.29, 0.717) is 6.61 Å². The first-order chi connectivity index (χ1) is 4.77. The van der Waals surface area contributed by atoms with Crippen LogP contribution in [0.1, 0.15) is 34.0 Å². The van der Waals surface area contributed by atoms with Gasteiger partial charge in [0.05, 0.1) is 6.61 Å². The standard InChI is InChI=1S/C6H15O3P.Na.H/c1-2-3-4-5-6-9-10(7)8;;/h7-8H,2-6H2,1H3;;/q;+1;-1. The van der Waals surface area contributed by atoms with Gasteiger partial charge >= 0.3 is 38.2 Å². The first-order valence-electron chi connectivity index (χ1n) is 3.58. The van der Waals surface area contributed by atoms with E-state index in [1.54, 1.807) is 0 Å². The molecule has 11 heavy (non-hydrogen) atoms. The van der Waals surface area contributed by atoms with Gasteiger partial charge in [0, 0.05) is 0 Å². The van der Waals surface area contributed by atoms with Gasteiger partial charge in [-0.05, 0) is 6.42 Å². The molecule has 2 N–H and O–H groups in total. The van der Waals surface area contributed by atoms with E-state index in [4.69, 9.17) is 9.79 Å². The predicted octanol–water partition coefficient (Wildman–Crippen LogP) is -1.09. The molecule has 0 aliphatic heterocycles. The van der Waals surface area contributed by atoms with Gasteiger partial charge in [-0.25, -0.2) is 0 Å². The first kappa shape index (κ1) is 14.8. The van der Waals surface area contributed by atoms with E-state index >= 15 is 0 Å². The van der Waals surface area contributed by atoms with E-state index < -0.39 is 8.60 Å². The molecule has 0 aliphatic rings. The Kier molecular flexibility index (Phi) is 15.2. The van der Waals surface area contributed by atoms with Crippen LogP contribution in [0.4, 0.5) is 0 Å². The fraction of sp³-hybridized carbons (Fsp3) is 1.00. The molecule has 0 fully saturated rings. The Morgan fingerprint density at radius 2 is 1.91 bits per heavy atom. The summed E-state index contributed by atoms with van der Waals surface area (Å²) in [6.07, 6.45) is 4.42. The number of unbranched alkanes of at least 4 members (excludes halogenated alkanes) is 3. The molecule has 0 amide bonds. The largest absolute Gasteiger partial charge is 1.00 e. The summed E-state index contributed by atoms with van der Waals surface area (Å²) in [5, 5.41) is 0. The molecule has 64 valence electrons. The van der Waals surface area contributed by atoms with Crippen molar-refractivity contribution >= 4 is 8.60 Å². The minimum atomic E-state index is -2.12. The third kappa shape index (κ3) is 14.2. The van der Waals surface area contributed by atoms with Crippen molar-refractivity contribution in [1.82, 2.24) is 0 Å². The molecule has 0 heterocycles. The van der Waals surface area contributed by atoms with Gasteiger partial charge < -0.3 is 15.7 Å². The zero-order chi connectivity index (χ0) is 7.82. The molecule has 0 atom stereocenters. The first-order valence-corrected chi connectivity index (χ1v) is 4.74. The zero-order valence-electron chi connectivity index (χ0n) is 8.29. The van der Waals surface area contributed by atoms with Crippen LogP contribution in [0.5, 0.6) is 0 Å². The molecule has 0 aromatic rings. The van der Waals surface area contributed by atoms with Crippen molar-refractivity contribution in [3.05, 3.63) is 0 Å². The molecule has 0 saturated carbocycles. The summed E-state index contributed by atoms with van der Waals surface area (Å²) in [5.41, 5.74) is 0. The SMILES string of the molecule is CCCCCCOP(O)O.[H-].[Na+]. The van der Waals surface area contributed by atoms with E-state index in [1.165, 1.54) is 12.8 Å². The van der Waals surface area contributed by atoms with Gasteiger partial charge in [-0.3, -0.25) is 0 Å². The Labute approximate surface area is 92.9 Å². The molecular weight excluding hydrogens is 174 g/mol. The fourth-order valence-corrected chi connectivity index (χ4v) is 0.967. The Balaban J connectivity index is -0.000000405. The van der Waals surface area contributed by atoms with Gasteiger partial charge in [0.1, 0.15) is 0 Å². The Bertz CT molecular complexity index is 77.8. The minimum Gasteiger partial charge on any atom is -1.00 e. The molecule has 0 radical (unpaired) electrons. The molecule has 0 unspecified atom stereocenters. The van der Waals surface area contributed by atoms with Gasteiger partial charge in [-0.1, -0.05) is 26.2 Å².